The Morgan fingerprint density at radius 3 is 2.64 bits per heavy atom. The fourth-order valence-electron chi connectivity index (χ4n) is 2.82. The molecule has 1 aliphatic rings. The number of hydrogen-bond donors (Lipinski definition) is 0. The van der Waals surface area contributed by atoms with E-state index in [-0.39, 0.29) is 5.97 Å². The molecular formula is C22H33NO2. The monoisotopic (exact) mass is 343 g/mol. The van der Waals surface area contributed by atoms with Gasteiger partial charge in [-0.2, -0.15) is 0 Å². The molecule has 138 valence electrons. The van der Waals surface area contributed by atoms with Crippen LogP contribution in [0.2, 0.25) is 0 Å². The molecule has 0 fully saturated rings. The van der Waals surface area contributed by atoms with Crippen LogP contribution in [0.3, 0.4) is 0 Å². The summed E-state index contributed by atoms with van der Waals surface area (Å²) in [6, 6.07) is 8.63. The van der Waals surface area contributed by atoms with Crippen LogP contribution in [0.4, 0.5) is 5.69 Å². The van der Waals surface area contributed by atoms with Gasteiger partial charge in [0, 0.05) is 25.2 Å². The minimum Gasteiger partial charge on any atom is -0.466 e. The highest BCUT2D eigenvalue weighted by atomic mass is 16.5. The third-order valence-electron chi connectivity index (χ3n) is 3.99. The van der Waals surface area contributed by atoms with Gasteiger partial charge in [-0.05, 0) is 37.8 Å². The van der Waals surface area contributed by atoms with E-state index in [0.29, 0.717) is 13.0 Å². The van der Waals surface area contributed by atoms with E-state index in [4.69, 9.17) is 4.74 Å². The summed E-state index contributed by atoms with van der Waals surface area (Å²) >= 11 is 0. The lowest BCUT2D eigenvalue weighted by Gasteiger charge is -2.25. The van der Waals surface area contributed by atoms with Crippen molar-refractivity contribution in [1.82, 2.24) is 0 Å². The van der Waals surface area contributed by atoms with Gasteiger partial charge in [0.25, 0.3) is 0 Å². The average molecular weight is 344 g/mol. The molecule has 0 aromatic heterocycles. The van der Waals surface area contributed by atoms with Crippen molar-refractivity contribution in [3.63, 3.8) is 0 Å². The largest absolute Gasteiger partial charge is 0.466 e. The van der Waals surface area contributed by atoms with Crippen molar-refractivity contribution in [2.45, 2.75) is 52.9 Å². The lowest BCUT2D eigenvalue weighted by Crippen LogP contribution is -2.25. The number of hydrogen-bond acceptors (Lipinski definition) is 3. The topological polar surface area (TPSA) is 29.5 Å². The highest BCUT2D eigenvalue weighted by Gasteiger charge is 2.10. The molecule has 0 radical (unpaired) electrons. The van der Waals surface area contributed by atoms with Crippen LogP contribution in [0.5, 0.6) is 0 Å². The van der Waals surface area contributed by atoms with Crippen LogP contribution in [0.1, 0.15) is 52.0 Å². The van der Waals surface area contributed by atoms with E-state index in [1.54, 1.807) is 0 Å². The SMILES string of the molecule is CC.CCOC(=O)CCCCCN1C/C=C\C=C/Cc2ccccc21. The zero-order valence-corrected chi connectivity index (χ0v) is 16.0. The first-order chi connectivity index (χ1) is 12.3. The Hall–Kier alpha value is -2.03. The maximum Gasteiger partial charge on any atom is 0.305 e. The van der Waals surface area contributed by atoms with Crippen molar-refractivity contribution in [3.05, 3.63) is 54.1 Å². The lowest BCUT2D eigenvalue weighted by atomic mass is 10.1. The van der Waals surface area contributed by atoms with Gasteiger partial charge in [0.2, 0.25) is 0 Å². The molecule has 0 atom stereocenters. The first-order valence-electron chi connectivity index (χ1n) is 9.61. The van der Waals surface area contributed by atoms with Crippen molar-refractivity contribution in [1.29, 1.82) is 0 Å². The third kappa shape index (κ3) is 8.06. The molecule has 3 heteroatoms. The van der Waals surface area contributed by atoms with Crippen LogP contribution in [0.25, 0.3) is 0 Å². The second-order valence-electron chi connectivity index (χ2n) is 5.75. The van der Waals surface area contributed by atoms with Crippen molar-refractivity contribution in [2.24, 2.45) is 0 Å². The van der Waals surface area contributed by atoms with Crippen molar-refractivity contribution < 1.29 is 9.53 Å². The Morgan fingerprint density at radius 1 is 1.08 bits per heavy atom. The Bertz CT molecular complexity index is 549. The molecule has 1 heterocycles. The number of rotatable bonds is 7. The Balaban J connectivity index is 0.00000151. The predicted molar refractivity (Wildman–Crippen MR) is 107 cm³/mol. The van der Waals surface area contributed by atoms with Crippen molar-refractivity contribution in [3.8, 4) is 0 Å². The first-order valence-corrected chi connectivity index (χ1v) is 9.61. The van der Waals surface area contributed by atoms with E-state index in [1.165, 1.54) is 11.3 Å². The van der Waals surface area contributed by atoms with E-state index >= 15 is 0 Å². The smallest absolute Gasteiger partial charge is 0.305 e. The number of allylic oxidation sites excluding steroid dienone is 3. The van der Waals surface area contributed by atoms with Crippen LogP contribution in [0.15, 0.2) is 48.6 Å². The fourth-order valence-corrected chi connectivity index (χ4v) is 2.82. The molecule has 0 saturated carbocycles. The average Bonchev–Trinajstić information content (AvgIpc) is 2.74. The van der Waals surface area contributed by atoms with Crippen LogP contribution in [-0.4, -0.2) is 25.7 Å². The maximum atomic E-state index is 11.3. The highest BCUT2D eigenvalue weighted by molar-refractivity contribution is 5.69. The Labute approximate surface area is 153 Å². The zero-order chi connectivity index (χ0) is 18.3. The van der Waals surface area contributed by atoms with Gasteiger partial charge < -0.3 is 9.64 Å². The number of fused-ring (bicyclic) bond motifs is 1. The number of unbranched alkanes of at least 4 members (excludes halogenated alkanes) is 2. The van der Waals surface area contributed by atoms with Crippen LogP contribution in [0, 0.1) is 0 Å². The van der Waals surface area contributed by atoms with E-state index in [1.807, 2.05) is 20.8 Å². The van der Waals surface area contributed by atoms with Gasteiger partial charge in [-0.1, -0.05) is 62.8 Å². The molecule has 3 nitrogen and oxygen atoms in total. The van der Waals surface area contributed by atoms with E-state index in [0.717, 1.165) is 38.8 Å². The third-order valence-corrected chi connectivity index (χ3v) is 3.99. The number of nitrogens with zero attached hydrogens (tertiary/aromatic N) is 1. The summed E-state index contributed by atoms with van der Waals surface area (Å²) in [7, 11) is 0. The molecule has 25 heavy (non-hydrogen) atoms. The summed E-state index contributed by atoms with van der Waals surface area (Å²) < 4.78 is 4.96. The van der Waals surface area contributed by atoms with E-state index < -0.39 is 0 Å². The van der Waals surface area contributed by atoms with Gasteiger partial charge in [0.05, 0.1) is 6.61 Å². The summed E-state index contributed by atoms with van der Waals surface area (Å²) in [5, 5.41) is 0. The van der Waals surface area contributed by atoms with Crippen LogP contribution < -0.4 is 4.90 Å². The number of ether oxygens (including phenoxy) is 1. The zero-order valence-electron chi connectivity index (χ0n) is 16.0. The van der Waals surface area contributed by atoms with E-state index in [9.17, 15) is 4.79 Å². The number of anilines is 1. The number of para-hydroxylation sites is 1. The molecule has 0 saturated heterocycles. The molecule has 0 bridgehead atoms. The Kier molecular flexibility index (Phi) is 11.2. The molecule has 0 aliphatic carbocycles. The summed E-state index contributed by atoms with van der Waals surface area (Å²) in [5.41, 5.74) is 2.70. The quantitative estimate of drug-likeness (QED) is 0.496. The normalized spacial score (nSPS) is 15.6. The lowest BCUT2D eigenvalue weighted by molar-refractivity contribution is -0.143. The molecule has 0 amide bonds. The first kappa shape index (κ1) is 21.0. The summed E-state index contributed by atoms with van der Waals surface area (Å²) in [6.45, 7) is 8.27. The van der Waals surface area contributed by atoms with E-state index in [2.05, 4.69) is 53.5 Å². The van der Waals surface area contributed by atoms with Gasteiger partial charge >= 0.3 is 5.97 Å². The number of esters is 1. The Morgan fingerprint density at radius 2 is 1.84 bits per heavy atom. The van der Waals surface area contributed by atoms with Gasteiger partial charge in [0.15, 0.2) is 0 Å². The minimum absolute atomic E-state index is 0.0744. The molecule has 0 N–H and O–H groups in total. The number of carbonyl (C=O) groups excluding carboxylic acids is 1. The van der Waals surface area contributed by atoms with Crippen molar-refractivity contribution in [2.75, 3.05) is 24.6 Å². The van der Waals surface area contributed by atoms with Crippen molar-refractivity contribution >= 4 is 11.7 Å². The molecule has 0 unspecified atom stereocenters. The second-order valence-corrected chi connectivity index (χ2v) is 5.75. The molecular weight excluding hydrogens is 310 g/mol. The molecule has 1 aromatic rings. The maximum absolute atomic E-state index is 11.3. The van der Waals surface area contributed by atoms with Gasteiger partial charge in [0.1, 0.15) is 0 Å². The summed E-state index contributed by atoms with van der Waals surface area (Å²) in [4.78, 5) is 13.8. The van der Waals surface area contributed by atoms with Crippen LogP contribution in [-0.2, 0) is 16.0 Å². The molecule has 2 rings (SSSR count). The standard InChI is InChI=1S/C20H27NO2.C2H6/c1-2-23-20(22)15-7-5-11-17-21-16-10-4-3-6-12-18-13-8-9-14-19(18)21;1-2/h3-4,6,8-10,13-14H,2,5,7,11-12,15-17H2,1H3;1-2H3/b6-3-,10-4-;. The minimum atomic E-state index is -0.0744. The van der Waals surface area contributed by atoms with Crippen LogP contribution >= 0.6 is 0 Å². The van der Waals surface area contributed by atoms with Gasteiger partial charge in [-0.15, -0.1) is 0 Å². The van der Waals surface area contributed by atoms with Gasteiger partial charge in [-0.3, -0.25) is 4.79 Å². The fraction of sp³-hybridized carbons (Fsp3) is 0.500. The summed E-state index contributed by atoms with van der Waals surface area (Å²) in [5.74, 6) is -0.0744. The number of benzene rings is 1. The molecule has 0 spiro atoms. The molecule has 1 aromatic carbocycles. The highest BCUT2D eigenvalue weighted by Crippen LogP contribution is 2.23. The summed E-state index contributed by atoms with van der Waals surface area (Å²) in [6.07, 6.45) is 13.2. The van der Waals surface area contributed by atoms with Gasteiger partial charge in [-0.25, -0.2) is 0 Å². The number of carbonyl (C=O) groups is 1. The molecule has 1 aliphatic heterocycles. The second kappa shape index (κ2) is 13.3. The predicted octanol–water partition coefficient (Wildman–Crippen LogP) is 5.31.